The molecule has 0 fully saturated rings. The number of nitriles is 1. The summed E-state index contributed by atoms with van der Waals surface area (Å²) >= 11 is 0. The molecule has 0 unspecified atom stereocenters. The number of nitrogen functional groups attached to an aromatic ring is 1. The van der Waals surface area contributed by atoms with E-state index in [1.807, 2.05) is 0 Å². The Balaban J connectivity index is 2.28. The molecule has 4 nitrogen and oxygen atoms in total. The molecule has 0 amide bonds. The topological polar surface area (TPSA) is 68.3 Å². The van der Waals surface area contributed by atoms with Crippen molar-refractivity contribution in [3.05, 3.63) is 48.0 Å². The summed E-state index contributed by atoms with van der Waals surface area (Å²) in [6.07, 6.45) is 0. The Morgan fingerprint density at radius 2 is 1.83 bits per heavy atom. The van der Waals surface area contributed by atoms with Crippen molar-refractivity contribution in [1.29, 1.82) is 5.26 Å². The van der Waals surface area contributed by atoms with Crippen molar-refractivity contribution >= 4 is 5.69 Å². The quantitative estimate of drug-likeness (QED) is 0.837. The largest absolute Gasteiger partial charge is 0.497 e. The molecule has 4 heteroatoms. The smallest absolute Gasteiger partial charge is 0.133 e. The minimum absolute atomic E-state index is 0.545. The number of ether oxygens (including phenoxy) is 2. The number of hydrogen-bond acceptors (Lipinski definition) is 4. The van der Waals surface area contributed by atoms with Crippen molar-refractivity contribution in [1.82, 2.24) is 0 Å². The molecule has 2 rings (SSSR count). The van der Waals surface area contributed by atoms with Crippen molar-refractivity contribution < 1.29 is 9.47 Å². The van der Waals surface area contributed by atoms with Gasteiger partial charge in [-0.05, 0) is 18.2 Å². The number of anilines is 1. The predicted molar refractivity (Wildman–Crippen MR) is 68.6 cm³/mol. The maximum Gasteiger partial charge on any atom is 0.133 e. The van der Waals surface area contributed by atoms with E-state index in [1.165, 1.54) is 0 Å². The maximum atomic E-state index is 8.81. The van der Waals surface area contributed by atoms with E-state index in [0.717, 1.165) is 0 Å². The number of nitrogens with two attached hydrogens (primary N) is 1. The third-order valence-corrected chi connectivity index (χ3v) is 2.34. The Bertz CT molecular complexity index is 603. The van der Waals surface area contributed by atoms with Crippen LogP contribution >= 0.6 is 0 Å². The molecule has 0 bridgehead atoms. The molecule has 0 heterocycles. The summed E-state index contributed by atoms with van der Waals surface area (Å²) in [5.41, 5.74) is 6.83. The lowest BCUT2D eigenvalue weighted by molar-refractivity contribution is 0.409. The fraction of sp³-hybridized carbons (Fsp3) is 0.0714. The van der Waals surface area contributed by atoms with Crippen molar-refractivity contribution in [3.8, 4) is 23.3 Å². The number of nitrogens with zero attached hydrogens (tertiary/aromatic N) is 1. The third kappa shape index (κ3) is 2.71. The van der Waals surface area contributed by atoms with Crippen LogP contribution in [-0.2, 0) is 0 Å². The molecule has 2 N–H and O–H groups in total. The summed E-state index contributed by atoms with van der Waals surface area (Å²) in [6, 6.07) is 14.1. The van der Waals surface area contributed by atoms with Crippen LogP contribution in [0.3, 0.4) is 0 Å². The van der Waals surface area contributed by atoms with E-state index in [2.05, 4.69) is 6.07 Å². The molecule has 0 aliphatic carbocycles. The summed E-state index contributed by atoms with van der Waals surface area (Å²) in [7, 11) is 1.56. The molecule has 2 aromatic rings. The second kappa shape index (κ2) is 5.11. The van der Waals surface area contributed by atoms with Crippen LogP contribution in [0.2, 0.25) is 0 Å². The molecule has 0 aliphatic heterocycles. The molecule has 0 saturated carbocycles. The Morgan fingerprint density at radius 3 is 2.56 bits per heavy atom. The second-order valence-electron chi connectivity index (χ2n) is 3.68. The van der Waals surface area contributed by atoms with E-state index in [9.17, 15) is 0 Å². The molecular weight excluding hydrogens is 228 g/mol. The highest BCUT2D eigenvalue weighted by molar-refractivity contribution is 5.51. The highest BCUT2D eigenvalue weighted by Gasteiger charge is 2.02. The lowest BCUT2D eigenvalue weighted by Gasteiger charge is -2.08. The molecule has 0 aromatic heterocycles. The molecular formula is C14H12N2O2. The van der Waals surface area contributed by atoms with Gasteiger partial charge in [0.2, 0.25) is 0 Å². The van der Waals surface area contributed by atoms with Gasteiger partial charge in [-0.15, -0.1) is 0 Å². The van der Waals surface area contributed by atoms with Gasteiger partial charge in [-0.2, -0.15) is 5.26 Å². The zero-order chi connectivity index (χ0) is 13.0. The van der Waals surface area contributed by atoms with Gasteiger partial charge in [0.15, 0.2) is 0 Å². The molecule has 0 atom stereocenters. The van der Waals surface area contributed by atoms with Crippen LogP contribution in [0, 0.1) is 11.3 Å². The van der Waals surface area contributed by atoms with Crippen LogP contribution < -0.4 is 15.2 Å². The maximum absolute atomic E-state index is 8.81. The van der Waals surface area contributed by atoms with Gasteiger partial charge < -0.3 is 15.2 Å². The Morgan fingerprint density at radius 1 is 1.06 bits per heavy atom. The zero-order valence-corrected chi connectivity index (χ0v) is 9.88. The molecule has 18 heavy (non-hydrogen) atoms. The monoisotopic (exact) mass is 240 g/mol. The minimum atomic E-state index is 0.545. The van der Waals surface area contributed by atoms with Gasteiger partial charge in [-0.25, -0.2) is 0 Å². The standard InChI is InChI=1S/C14H12N2O2/c1-17-13-6-11(16)7-14(8-13)18-12-4-2-3-10(5-12)9-15/h2-8H,16H2,1H3. The van der Waals surface area contributed by atoms with Crippen molar-refractivity contribution in [3.63, 3.8) is 0 Å². The number of hydrogen-bond donors (Lipinski definition) is 1. The summed E-state index contributed by atoms with van der Waals surface area (Å²) in [5, 5.41) is 8.81. The molecule has 0 spiro atoms. The summed E-state index contributed by atoms with van der Waals surface area (Å²) < 4.78 is 10.7. The predicted octanol–water partition coefficient (Wildman–Crippen LogP) is 2.94. The average Bonchev–Trinajstić information content (AvgIpc) is 2.38. The fourth-order valence-electron chi connectivity index (χ4n) is 1.54. The SMILES string of the molecule is COc1cc(N)cc(Oc2cccc(C#N)c2)c1. The highest BCUT2D eigenvalue weighted by atomic mass is 16.5. The third-order valence-electron chi connectivity index (χ3n) is 2.34. The molecule has 0 radical (unpaired) electrons. The molecule has 2 aromatic carbocycles. The molecule has 90 valence electrons. The van der Waals surface area contributed by atoms with Gasteiger partial charge >= 0.3 is 0 Å². The average molecular weight is 240 g/mol. The van der Waals surface area contributed by atoms with E-state index in [0.29, 0.717) is 28.5 Å². The van der Waals surface area contributed by atoms with E-state index < -0.39 is 0 Å². The zero-order valence-electron chi connectivity index (χ0n) is 9.88. The molecule has 0 saturated heterocycles. The van der Waals surface area contributed by atoms with Crippen LogP contribution in [0.5, 0.6) is 17.2 Å². The van der Waals surface area contributed by atoms with Crippen molar-refractivity contribution in [2.45, 2.75) is 0 Å². The summed E-state index contributed by atoms with van der Waals surface area (Å²) in [5.74, 6) is 1.78. The van der Waals surface area contributed by atoms with E-state index in [1.54, 1.807) is 49.6 Å². The van der Waals surface area contributed by atoms with Gasteiger partial charge in [0.1, 0.15) is 17.2 Å². The second-order valence-corrected chi connectivity index (χ2v) is 3.68. The fourth-order valence-corrected chi connectivity index (χ4v) is 1.54. The van der Waals surface area contributed by atoms with Crippen LogP contribution in [0.4, 0.5) is 5.69 Å². The van der Waals surface area contributed by atoms with Crippen molar-refractivity contribution in [2.75, 3.05) is 12.8 Å². The van der Waals surface area contributed by atoms with Crippen LogP contribution in [0.15, 0.2) is 42.5 Å². The van der Waals surface area contributed by atoms with Gasteiger partial charge in [0, 0.05) is 23.9 Å². The Hall–Kier alpha value is -2.67. The highest BCUT2D eigenvalue weighted by Crippen LogP contribution is 2.28. The first kappa shape index (κ1) is 11.8. The van der Waals surface area contributed by atoms with Crippen LogP contribution in [-0.4, -0.2) is 7.11 Å². The summed E-state index contributed by atoms with van der Waals surface area (Å²) in [6.45, 7) is 0. The normalized spacial score (nSPS) is 9.56. The lowest BCUT2D eigenvalue weighted by atomic mass is 10.2. The molecule has 0 aliphatic rings. The van der Waals surface area contributed by atoms with E-state index in [4.69, 9.17) is 20.5 Å². The first-order valence-corrected chi connectivity index (χ1v) is 5.34. The Kier molecular flexibility index (Phi) is 3.35. The van der Waals surface area contributed by atoms with E-state index >= 15 is 0 Å². The number of benzene rings is 2. The number of rotatable bonds is 3. The van der Waals surface area contributed by atoms with Crippen LogP contribution in [0.1, 0.15) is 5.56 Å². The van der Waals surface area contributed by atoms with Crippen LogP contribution in [0.25, 0.3) is 0 Å². The summed E-state index contributed by atoms with van der Waals surface area (Å²) in [4.78, 5) is 0. The Labute approximate surface area is 105 Å². The van der Waals surface area contributed by atoms with Gasteiger partial charge in [0.05, 0.1) is 18.7 Å². The lowest BCUT2D eigenvalue weighted by Crippen LogP contribution is -1.91. The first-order valence-electron chi connectivity index (χ1n) is 5.34. The minimum Gasteiger partial charge on any atom is -0.497 e. The van der Waals surface area contributed by atoms with Gasteiger partial charge in [-0.1, -0.05) is 6.07 Å². The first-order chi connectivity index (χ1) is 8.71. The van der Waals surface area contributed by atoms with Gasteiger partial charge in [-0.3, -0.25) is 0 Å². The van der Waals surface area contributed by atoms with Crippen molar-refractivity contribution in [2.24, 2.45) is 0 Å². The number of methoxy groups -OCH3 is 1. The van der Waals surface area contributed by atoms with Gasteiger partial charge in [0.25, 0.3) is 0 Å². The van der Waals surface area contributed by atoms with E-state index in [-0.39, 0.29) is 0 Å².